The van der Waals surface area contributed by atoms with Crippen LogP contribution in [0.15, 0.2) is 28.7 Å². The molecular weight excluding hydrogens is 285 g/mol. The minimum atomic E-state index is -0.374. The minimum absolute atomic E-state index is 0.133. The number of piperidine rings is 1. The lowest BCUT2D eigenvalue weighted by Crippen LogP contribution is -2.37. The van der Waals surface area contributed by atoms with Crippen LogP contribution < -0.4 is 0 Å². The second-order valence-corrected chi connectivity index (χ2v) is 5.43. The third-order valence-corrected chi connectivity index (χ3v) is 4.04. The maximum absolute atomic E-state index is 13.7. The zero-order valence-electron chi connectivity index (χ0n) is 12.5. The van der Waals surface area contributed by atoms with Crippen LogP contribution in [-0.4, -0.2) is 34.1 Å². The predicted molar refractivity (Wildman–Crippen MR) is 78.5 cm³/mol. The molecule has 1 aliphatic heterocycles. The maximum Gasteiger partial charge on any atom is 0.250 e. The maximum atomic E-state index is 13.7. The summed E-state index contributed by atoms with van der Waals surface area (Å²) in [7, 11) is 0. The topological polar surface area (TPSA) is 59.2 Å². The third-order valence-electron chi connectivity index (χ3n) is 4.04. The van der Waals surface area contributed by atoms with Crippen LogP contribution in [0.2, 0.25) is 0 Å². The van der Waals surface area contributed by atoms with Crippen molar-refractivity contribution in [3.63, 3.8) is 0 Å². The van der Waals surface area contributed by atoms with E-state index in [1.807, 2.05) is 11.8 Å². The number of likely N-dealkylation sites (tertiary alicyclic amines) is 1. The summed E-state index contributed by atoms with van der Waals surface area (Å²) in [6.45, 7) is 3.27. The zero-order valence-corrected chi connectivity index (χ0v) is 12.5. The van der Waals surface area contributed by atoms with Crippen molar-refractivity contribution < 1.29 is 13.6 Å². The van der Waals surface area contributed by atoms with Gasteiger partial charge in [0.2, 0.25) is 11.8 Å². The molecule has 0 radical (unpaired) electrons. The minimum Gasteiger partial charge on any atom is -0.420 e. The summed E-state index contributed by atoms with van der Waals surface area (Å²) in [6.07, 6.45) is 2.12. The van der Waals surface area contributed by atoms with Crippen molar-refractivity contribution >= 4 is 5.91 Å². The molecule has 2 heterocycles. The molecule has 5 nitrogen and oxygen atoms in total. The number of benzene rings is 1. The lowest BCUT2D eigenvalue weighted by Gasteiger charge is -2.30. The quantitative estimate of drug-likeness (QED) is 0.874. The van der Waals surface area contributed by atoms with Gasteiger partial charge in [-0.05, 0) is 25.0 Å². The van der Waals surface area contributed by atoms with E-state index < -0.39 is 0 Å². The summed E-state index contributed by atoms with van der Waals surface area (Å²) in [5, 5.41) is 8.02. The molecule has 3 rings (SSSR count). The van der Waals surface area contributed by atoms with Gasteiger partial charge < -0.3 is 9.32 Å². The first-order valence-corrected chi connectivity index (χ1v) is 7.55. The molecule has 0 aliphatic carbocycles. The molecule has 2 aromatic rings. The first-order valence-electron chi connectivity index (χ1n) is 7.55. The number of amides is 1. The average Bonchev–Trinajstić information content (AvgIpc) is 3.04. The van der Waals surface area contributed by atoms with Crippen LogP contribution in [0, 0.1) is 5.82 Å². The summed E-state index contributed by atoms with van der Waals surface area (Å²) >= 11 is 0. The Hall–Kier alpha value is -2.24. The Morgan fingerprint density at radius 2 is 2.05 bits per heavy atom. The van der Waals surface area contributed by atoms with Crippen LogP contribution in [0.25, 0.3) is 11.5 Å². The van der Waals surface area contributed by atoms with Crippen molar-refractivity contribution in [1.29, 1.82) is 0 Å². The Kier molecular flexibility index (Phi) is 4.18. The van der Waals surface area contributed by atoms with E-state index in [1.54, 1.807) is 18.2 Å². The SMILES string of the molecule is CCC(=O)N1CCC(c2nnc(-c3ccccc3F)o2)CC1. The zero-order chi connectivity index (χ0) is 15.5. The van der Waals surface area contributed by atoms with Crippen molar-refractivity contribution in [2.75, 3.05) is 13.1 Å². The Labute approximate surface area is 128 Å². The van der Waals surface area contributed by atoms with Gasteiger partial charge in [-0.15, -0.1) is 10.2 Å². The van der Waals surface area contributed by atoms with E-state index in [2.05, 4.69) is 10.2 Å². The van der Waals surface area contributed by atoms with Gasteiger partial charge in [0.15, 0.2) is 0 Å². The summed E-state index contributed by atoms with van der Waals surface area (Å²) in [5.74, 6) is 0.674. The summed E-state index contributed by atoms with van der Waals surface area (Å²) in [5.41, 5.74) is 0.319. The van der Waals surface area contributed by atoms with Crippen LogP contribution in [0.4, 0.5) is 4.39 Å². The van der Waals surface area contributed by atoms with Gasteiger partial charge in [0, 0.05) is 25.4 Å². The highest BCUT2D eigenvalue weighted by atomic mass is 19.1. The number of aromatic nitrogens is 2. The fourth-order valence-corrected chi connectivity index (χ4v) is 2.74. The van der Waals surface area contributed by atoms with Gasteiger partial charge in [0.1, 0.15) is 5.82 Å². The van der Waals surface area contributed by atoms with Crippen molar-refractivity contribution in [1.82, 2.24) is 15.1 Å². The Bertz CT molecular complexity index is 663. The van der Waals surface area contributed by atoms with Gasteiger partial charge in [0.25, 0.3) is 5.89 Å². The molecule has 0 atom stereocenters. The van der Waals surface area contributed by atoms with E-state index in [4.69, 9.17) is 4.42 Å². The molecule has 1 fully saturated rings. The van der Waals surface area contributed by atoms with E-state index in [0.29, 0.717) is 31.0 Å². The van der Waals surface area contributed by atoms with Crippen molar-refractivity contribution in [3.05, 3.63) is 36.0 Å². The molecule has 0 spiro atoms. The molecule has 0 saturated carbocycles. The number of carbonyl (C=O) groups excluding carboxylic acids is 1. The third kappa shape index (κ3) is 2.86. The summed E-state index contributed by atoms with van der Waals surface area (Å²) in [6, 6.07) is 6.34. The smallest absolute Gasteiger partial charge is 0.250 e. The Morgan fingerprint density at radius 3 is 2.73 bits per heavy atom. The molecule has 1 aliphatic rings. The van der Waals surface area contributed by atoms with Crippen LogP contribution in [-0.2, 0) is 4.79 Å². The van der Waals surface area contributed by atoms with Gasteiger partial charge in [-0.25, -0.2) is 4.39 Å². The number of hydrogen-bond acceptors (Lipinski definition) is 4. The van der Waals surface area contributed by atoms with Crippen molar-refractivity contribution in [2.45, 2.75) is 32.1 Å². The largest absolute Gasteiger partial charge is 0.420 e. The van der Waals surface area contributed by atoms with Crippen LogP contribution in [0.3, 0.4) is 0 Å². The van der Waals surface area contributed by atoms with Gasteiger partial charge in [0.05, 0.1) is 5.56 Å². The fourth-order valence-electron chi connectivity index (χ4n) is 2.74. The standard InChI is InChI=1S/C16H18FN3O2/c1-2-14(21)20-9-7-11(8-10-20)15-18-19-16(22-15)12-5-3-4-6-13(12)17/h3-6,11H,2,7-10H2,1H3. The molecule has 22 heavy (non-hydrogen) atoms. The molecular formula is C16H18FN3O2. The highest BCUT2D eigenvalue weighted by Crippen LogP contribution is 2.30. The number of hydrogen-bond donors (Lipinski definition) is 0. The van der Waals surface area contributed by atoms with Crippen molar-refractivity contribution in [3.8, 4) is 11.5 Å². The molecule has 116 valence electrons. The first-order chi connectivity index (χ1) is 10.7. The normalized spacial score (nSPS) is 16.0. The highest BCUT2D eigenvalue weighted by Gasteiger charge is 2.27. The van der Waals surface area contributed by atoms with E-state index in [-0.39, 0.29) is 23.5 Å². The van der Waals surface area contributed by atoms with Gasteiger partial charge in [-0.1, -0.05) is 19.1 Å². The highest BCUT2D eigenvalue weighted by molar-refractivity contribution is 5.75. The lowest BCUT2D eigenvalue weighted by molar-refractivity contribution is -0.131. The number of nitrogens with zero attached hydrogens (tertiary/aromatic N) is 3. The van der Waals surface area contributed by atoms with E-state index in [9.17, 15) is 9.18 Å². The number of halogens is 1. The summed E-state index contributed by atoms with van der Waals surface area (Å²) in [4.78, 5) is 13.5. The Morgan fingerprint density at radius 1 is 1.32 bits per heavy atom. The number of carbonyl (C=O) groups is 1. The predicted octanol–water partition coefficient (Wildman–Crippen LogP) is 2.99. The van der Waals surface area contributed by atoms with Gasteiger partial charge >= 0.3 is 0 Å². The van der Waals surface area contributed by atoms with E-state index in [1.165, 1.54) is 6.07 Å². The summed E-state index contributed by atoms with van der Waals surface area (Å²) < 4.78 is 19.4. The van der Waals surface area contributed by atoms with Crippen LogP contribution in [0.1, 0.15) is 38.0 Å². The molecule has 0 N–H and O–H groups in total. The van der Waals surface area contributed by atoms with E-state index in [0.717, 1.165) is 12.8 Å². The molecule has 0 bridgehead atoms. The average molecular weight is 303 g/mol. The number of rotatable bonds is 3. The second-order valence-electron chi connectivity index (χ2n) is 5.43. The molecule has 1 amide bonds. The molecule has 0 unspecified atom stereocenters. The van der Waals surface area contributed by atoms with Crippen molar-refractivity contribution in [2.24, 2.45) is 0 Å². The Balaban J connectivity index is 1.71. The monoisotopic (exact) mass is 303 g/mol. The first kappa shape index (κ1) is 14.7. The molecule has 1 aromatic carbocycles. The lowest BCUT2D eigenvalue weighted by atomic mass is 9.96. The second kappa shape index (κ2) is 6.25. The molecule has 1 aromatic heterocycles. The van der Waals surface area contributed by atoms with Crippen LogP contribution >= 0.6 is 0 Å². The van der Waals surface area contributed by atoms with Crippen LogP contribution in [0.5, 0.6) is 0 Å². The molecule has 1 saturated heterocycles. The van der Waals surface area contributed by atoms with E-state index >= 15 is 0 Å². The molecule has 6 heteroatoms. The van der Waals surface area contributed by atoms with Gasteiger partial charge in [-0.3, -0.25) is 4.79 Å². The van der Waals surface area contributed by atoms with Gasteiger partial charge in [-0.2, -0.15) is 0 Å². The fraction of sp³-hybridized carbons (Fsp3) is 0.438.